The largest absolute Gasteiger partial charge is 0.480 e. The quantitative estimate of drug-likeness (QED) is 0.220. The van der Waals surface area contributed by atoms with Crippen LogP contribution in [0.5, 0.6) is 0 Å². The van der Waals surface area contributed by atoms with Crippen LogP contribution in [0, 0.1) is 0 Å². The minimum absolute atomic E-state index is 0.456. The van der Waals surface area contributed by atoms with Crippen molar-refractivity contribution in [2.45, 2.75) is 12.1 Å². The highest BCUT2D eigenvalue weighted by Crippen LogP contribution is 1.82. The predicted octanol–water partition coefficient (Wildman–Crippen LogP) is -4.90. The van der Waals surface area contributed by atoms with Crippen LogP contribution in [0.15, 0.2) is 0 Å². The van der Waals surface area contributed by atoms with Gasteiger partial charge in [0.25, 0.3) is 0 Å². The number of nitrogens with two attached hydrogens (primary N) is 1. The Balaban J connectivity index is 4.00. The van der Waals surface area contributed by atoms with E-state index in [0.29, 0.717) is 0 Å². The minimum atomic E-state index is -1.46. The van der Waals surface area contributed by atoms with Crippen molar-refractivity contribution in [1.29, 1.82) is 0 Å². The molecule has 0 aliphatic carbocycles. The number of aliphatic hydroxyl groups is 2. The number of aliphatic carboxylic acids is 1. The van der Waals surface area contributed by atoms with Gasteiger partial charge in [0.05, 0.1) is 26.3 Å². The summed E-state index contributed by atoms with van der Waals surface area (Å²) in [5, 5.41) is 32.1. The third kappa shape index (κ3) is 7.81. The van der Waals surface area contributed by atoms with Gasteiger partial charge in [0, 0.05) is 0 Å². The van der Waals surface area contributed by atoms with Gasteiger partial charge in [-0.2, -0.15) is 0 Å². The molecule has 0 saturated carbocycles. The van der Waals surface area contributed by atoms with E-state index >= 15 is 0 Å². The van der Waals surface area contributed by atoms with Gasteiger partial charge >= 0.3 is 5.97 Å². The fourth-order valence-corrected chi connectivity index (χ4v) is 1.05. The van der Waals surface area contributed by atoms with Crippen molar-refractivity contribution in [1.82, 2.24) is 16.0 Å². The van der Waals surface area contributed by atoms with Gasteiger partial charge in [0.1, 0.15) is 12.1 Å². The first-order valence-corrected chi connectivity index (χ1v) is 5.85. The van der Waals surface area contributed by atoms with E-state index in [1.807, 2.05) is 5.32 Å². The summed E-state index contributed by atoms with van der Waals surface area (Å²) in [5.41, 5.74) is 5.19. The van der Waals surface area contributed by atoms with E-state index in [2.05, 4.69) is 10.6 Å². The smallest absolute Gasteiger partial charge is 0.328 e. The monoisotopic (exact) mass is 306 g/mol. The van der Waals surface area contributed by atoms with Gasteiger partial charge in [0.2, 0.25) is 17.7 Å². The molecule has 0 rings (SSSR count). The van der Waals surface area contributed by atoms with Gasteiger partial charge in [-0.1, -0.05) is 0 Å². The second-order valence-electron chi connectivity index (χ2n) is 3.92. The van der Waals surface area contributed by atoms with E-state index in [9.17, 15) is 19.2 Å². The molecule has 11 nitrogen and oxygen atoms in total. The summed E-state index contributed by atoms with van der Waals surface area (Å²) in [6, 6.07) is -2.61. The highest BCUT2D eigenvalue weighted by atomic mass is 16.4. The Bertz CT molecular complexity index is 401. The lowest BCUT2D eigenvalue weighted by atomic mass is 10.3. The van der Waals surface area contributed by atoms with Crippen LogP contribution in [0.4, 0.5) is 0 Å². The third-order valence-corrected chi connectivity index (χ3v) is 2.22. The Hall–Kier alpha value is -2.24. The second kappa shape index (κ2) is 9.63. The summed E-state index contributed by atoms with van der Waals surface area (Å²) in [7, 11) is 0. The van der Waals surface area contributed by atoms with E-state index in [1.54, 1.807) is 0 Å². The van der Waals surface area contributed by atoms with E-state index in [4.69, 9.17) is 21.1 Å². The molecule has 0 spiro atoms. The first kappa shape index (κ1) is 18.8. The van der Waals surface area contributed by atoms with Crippen LogP contribution >= 0.6 is 0 Å². The zero-order chi connectivity index (χ0) is 16.4. The Morgan fingerprint density at radius 3 is 2.00 bits per heavy atom. The SMILES string of the molecule is NC(CO)C(=O)NCC(=O)NCC(=O)NC(CO)C(=O)O. The minimum Gasteiger partial charge on any atom is -0.480 e. The van der Waals surface area contributed by atoms with Crippen LogP contribution in [-0.2, 0) is 19.2 Å². The van der Waals surface area contributed by atoms with E-state index in [0.717, 1.165) is 0 Å². The van der Waals surface area contributed by atoms with Crippen LogP contribution in [0.25, 0.3) is 0 Å². The Morgan fingerprint density at radius 2 is 1.52 bits per heavy atom. The van der Waals surface area contributed by atoms with Crippen LogP contribution in [0.2, 0.25) is 0 Å². The van der Waals surface area contributed by atoms with Crippen LogP contribution in [0.3, 0.4) is 0 Å². The lowest BCUT2D eigenvalue weighted by molar-refractivity contribution is -0.142. The molecule has 0 bridgehead atoms. The lowest BCUT2D eigenvalue weighted by Crippen LogP contribution is -2.49. The fourth-order valence-electron chi connectivity index (χ4n) is 1.05. The number of hydrogen-bond donors (Lipinski definition) is 7. The van der Waals surface area contributed by atoms with Crippen molar-refractivity contribution in [3.8, 4) is 0 Å². The van der Waals surface area contributed by atoms with Gasteiger partial charge in [-0.15, -0.1) is 0 Å². The first-order valence-electron chi connectivity index (χ1n) is 5.85. The van der Waals surface area contributed by atoms with Crippen molar-refractivity contribution in [2.75, 3.05) is 26.3 Å². The van der Waals surface area contributed by atoms with Gasteiger partial charge in [-0.3, -0.25) is 14.4 Å². The molecule has 0 aliphatic rings. The van der Waals surface area contributed by atoms with E-state index < -0.39 is 62.1 Å². The van der Waals surface area contributed by atoms with E-state index in [1.165, 1.54) is 0 Å². The summed E-state index contributed by atoms with van der Waals surface area (Å²) < 4.78 is 0. The molecule has 0 fully saturated rings. The number of carboxylic acid groups (broad SMARTS) is 1. The molecule has 2 unspecified atom stereocenters. The number of aliphatic hydroxyl groups excluding tert-OH is 2. The highest BCUT2D eigenvalue weighted by molar-refractivity contribution is 5.90. The highest BCUT2D eigenvalue weighted by Gasteiger charge is 2.19. The molecule has 2 atom stereocenters. The molecule has 0 aromatic carbocycles. The summed E-state index contributed by atoms with van der Waals surface area (Å²) in [6.45, 7) is -2.34. The summed E-state index contributed by atoms with van der Waals surface area (Å²) in [4.78, 5) is 44.2. The molecule has 11 heteroatoms. The van der Waals surface area contributed by atoms with Crippen molar-refractivity contribution in [2.24, 2.45) is 5.73 Å². The molecular formula is C10H18N4O7. The topological polar surface area (TPSA) is 191 Å². The van der Waals surface area contributed by atoms with Gasteiger partial charge in [-0.05, 0) is 0 Å². The van der Waals surface area contributed by atoms with Crippen LogP contribution in [0.1, 0.15) is 0 Å². The molecular weight excluding hydrogens is 288 g/mol. The summed E-state index contributed by atoms with van der Waals surface area (Å²) >= 11 is 0. The molecule has 0 saturated heterocycles. The number of rotatable bonds is 9. The summed E-state index contributed by atoms with van der Waals surface area (Å²) in [5.74, 6) is -3.67. The molecule has 8 N–H and O–H groups in total. The maximum absolute atomic E-state index is 11.3. The van der Waals surface area contributed by atoms with Crippen LogP contribution in [-0.4, -0.2) is 77.4 Å². The maximum Gasteiger partial charge on any atom is 0.328 e. The van der Waals surface area contributed by atoms with Gasteiger partial charge in [0.15, 0.2) is 0 Å². The fraction of sp³-hybridized carbons (Fsp3) is 0.600. The lowest BCUT2D eigenvalue weighted by Gasteiger charge is -2.12. The molecule has 3 amide bonds. The predicted molar refractivity (Wildman–Crippen MR) is 67.7 cm³/mol. The van der Waals surface area contributed by atoms with Crippen LogP contribution < -0.4 is 21.7 Å². The zero-order valence-corrected chi connectivity index (χ0v) is 11.0. The number of carboxylic acids is 1. The summed E-state index contributed by atoms with van der Waals surface area (Å²) in [6.07, 6.45) is 0. The third-order valence-electron chi connectivity index (χ3n) is 2.22. The molecule has 120 valence electrons. The molecule has 0 heterocycles. The second-order valence-corrected chi connectivity index (χ2v) is 3.92. The number of hydrogen-bond acceptors (Lipinski definition) is 7. The Morgan fingerprint density at radius 1 is 0.952 bits per heavy atom. The Labute approximate surface area is 119 Å². The average Bonchev–Trinajstić information content (AvgIpc) is 2.46. The van der Waals surface area contributed by atoms with Crippen molar-refractivity contribution >= 4 is 23.7 Å². The Kier molecular flexibility index (Phi) is 8.60. The normalized spacial score (nSPS) is 12.9. The molecule has 0 aliphatic heterocycles. The van der Waals surface area contributed by atoms with E-state index in [-0.39, 0.29) is 0 Å². The van der Waals surface area contributed by atoms with Crippen molar-refractivity contribution < 1.29 is 34.5 Å². The van der Waals surface area contributed by atoms with Crippen molar-refractivity contribution in [3.63, 3.8) is 0 Å². The van der Waals surface area contributed by atoms with Gasteiger partial charge in [-0.25, -0.2) is 4.79 Å². The number of nitrogens with one attached hydrogen (secondary N) is 3. The number of amides is 3. The van der Waals surface area contributed by atoms with Crippen molar-refractivity contribution in [3.05, 3.63) is 0 Å². The maximum atomic E-state index is 11.3. The molecule has 21 heavy (non-hydrogen) atoms. The first-order chi connectivity index (χ1) is 9.81. The number of carbonyl (C=O) groups excluding carboxylic acids is 3. The zero-order valence-electron chi connectivity index (χ0n) is 11.0. The number of carbonyl (C=O) groups is 4. The average molecular weight is 306 g/mol. The molecule has 0 aromatic heterocycles. The van der Waals surface area contributed by atoms with Gasteiger partial charge < -0.3 is 37.0 Å². The molecule has 0 radical (unpaired) electrons. The standard InChI is InChI=1S/C10H18N4O7/c11-5(3-15)9(19)13-1-7(17)12-2-8(18)14-6(4-16)10(20)21/h5-6,15-16H,1-4,11H2,(H,12,17)(H,13,19)(H,14,18)(H,20,21). The molecule has 0 aromatic rings.